The highest BCUT2D eigenvalue weighted by atomic mass is 16.7. The van der Waals surface area contributed by atoms with Crippen molar-refractivity contribution in [1.82, 2.24) is 11.0 Å². The fraction of sp³-hybridized carbons (Fsp3) is 1.00. The topological polar surface area (TPSA) is 33.3 Å². The van der Waals surface area contributed by atoms with Crippen molar-refractivity contribution in [2.75, 3.05) is 13.7 Å². The lowest BCUT2D eigenvalue weighted by Gasteiger charge is -1.99. The second kappa shape index (κ2) is 5.88. The Morgan fingerprint density at radius 2 is 2.29 bits per heavy atom. The molecule has 0 rings (SSSR count). The van der Waals surface area contributed by atoms with Crippen LogP contribution in [0.4, 0.5) is 0 Å². The molecule has 44 valence electrons. The summed E-state index contributed by atoms with van der Waals surface area (Å²) in [5.74, 6) is 0. The molecule has 0 aliphatic carbocycles. The summed E-state index contributed by atoms with van der Waals surface area (Å²) in [5.41, 5.74) is 5.31. The van der Waals surface area contributed by atoms with Crippen molar-refractivity contribution in [3.05, 3.63) is 0 Å². The van der Waals surface area contributed by atoms with Gasteiger partial charge in [0.05, 0.1) is 7.11 Å². The van der Waals surface area contributed by atoms with E-state index in [0.29, 0.717) is 0 Å². The van der Waals surface area contributed by atoms with Crippen molar-refractivity contribution in [3.8, 4) is 0 Å². The quantitative estimate of drug-likeness (QED) is 0.390. The average Bonchev–Trinajstić information content (AvgIpc) is 1.69. The van der Waals surface area contributed by atoms with Crippen LogP contribution in [0.3, 0.4) is 0 Å². The maximum Gasteiger partial charge on any atom is 0.0588 e. The van der Waals surface area contributed by atoms with Gasteiger partial charge in [0.1, 0.15) is 0 Å². The number of hydrazine groups is 1. The molecular formula is C4H12N2O. The van der Waals surface area contributed by atoms with Crippen LogP contribution < -0.4 is 11.0 Å². The van der Waals surface area contributed by atoms with E-state index >= 15 is 0 Å². The van der Waals surface area contributed by atoms with Gasteiger partial charge < -0.3 is 0 Å². The van der Waals surface area contributed by atoms with E-state index in [0.717, 1.165) is 13.0 Å². The minimum absolute atomic E-state index is 0.938. The van der Waals surface area contributed by atoms with Crippen LogP contribution in [0.25, 0.3) is 0 Å². The van der Waals surface area contributed by atoms with Gasteiger partial charge in [-0.1, -0.05) is 6.92 Å². The predicted octanol–water partition coefficient (Wildman–Crippen LogP) is 0.0520. The third-order valence-electron chi connectivity index (χ3n) is 0.549. The smallest absolute Gasteiger partial charge is 0.0588 e. The first-order valence-corrected chi connectivity index (χ1v) is 2.42. The zero-order valence-electron chi connectivity index (χ0n) is 4.82. The van der Waals surface area contributed by atoms with Crippen molar-refractivity contribution < 1.29 is 4.84 Å². The number of hydrogen-bond donors (Lipinski definition) is 2. The highest BCUT2D eigenvalue weighted by Crippen LogP contribution is 1.63. The zero-order valence-corrected chi connectivity index (χ0v) is 4.82. The number of rotatable bonds is 4. The van der Waals surface area contributed by atoms with Crippen LogP contribution in [0.1, 0.15) is 13.3 Å². The van der Waals surface area contributed by atoms with E-state index in [1.54, 1.807) is 7.11 Å². The van der Waals surface area contributed by atoms with E-state index < -0.39 is 0 Å². The molecule has 0 unspecified atom stereocenters. The number of hydrogen-bond acceptors (Lipinski definition) is 3. The molecule has 3 heteroatoms. The van der Waals surface area contributed by atoms with Crippen molar-refractivity contribution >= 4 is 0 Å². The summed E-state index contributed by atoms with van der Waals surface area (Å²) in [4.78, 5) is 4.48. The minimum atomic E-state index is 0.938. The molecule has 0 amide bonds. The average molecular weight is 104 g/mol. The van der Waals surface area contributed by atoms with Crippen LogP contribution in [0.2, 0.25) is 0 Å². The Hall–Kier alpha value is -0.120. The Morgan fingerprint density at radius 1 is 1.57 bits per heavy atom. The van der Waals surface area contributed by atoms with Crippen LogP contribution in [0.15, 0.2) is 0 Å². The normalized spacial score (nSPS) is 9.43. The predicted molar refractivity (Wildman–Crippen MR) is 28.4 cm³/mol. The van der Waals surface area contributed by atoms with E-state index in [1.165, 1.54) is 0 Å². The monoisotopic (exact) mass is 104 g/mol. The lowest BCUT2D eigenvalue weighted by molar-refractivity contribution is 0.0558. The molecule has 0 aromatic carbocycles. The fourth-order valence-electron chi connectivity index (χ4n) is 0.248. The van der Waals surface area contributed by atoms with Crippen LogP contribution in [0, 0.1) is 0 Å². The summed E-state index contributed by atoms with van der Waals surface area (Å²) in [6, 6.07) is 0. The molecule has 0 aromatic rings. The van der Waals surface area contributed by atoms with E-state index in [4.69, 9.17) is 0 Å². The Morgan fingerprint density at radius 3 is 2.71 bits per heavy atom. The molecule has 0 heterocycles. The molecule has 0 fully saturated rings. The second-order valence-corrected chi connectivity index (χ2v) is 1.23. The zero-order chi connectivity index (χ0) is 5.54. The molecule has 0 saturated carbocycles. The van der Waals surface area contributed by atoms with Gasteiger partial charge in [0.25, 0.3) is 0 Å². The summed E-state index contributed by atoms with van der Waals surface area (Å²) in [6.07, 6.45) is 1.11. The van der Waals surface area contributed by atoms with Gasteiger partial charge >= 0.3 is 0 Å². The number of nitrogens with one attached hydrogen (secondary N) is 2. The SMILES string of the molecule is CCCNNOC. The van der Waals surface area contributed by atoms with Crippen molar-refractivity contribution in [2.45, 2.75) is 13.3 Å². The van der Waals surface area contributed by atoms with Gasteiger partial charge in [-0.15, -0.1) is 5.59 Å². The van der Waals surface area contributed by atoms with E-state index in [1.807, 2.05) is 0 Å². The Bertz CT molecular complexity index is 28.9. The van der Waals surface area contributed by atoms with Gasteiger partial charge in [0.15, 0.2) is 0 Å². The van der Waals surface area contributed by atoms with E-state index in [2.05, 4.69) is 22.8 Å². The summed E-state index contributed by atoms with van der Waals surface area (Å²) in [6.45, 7) is 3.03. The molecular weight excluding hydrogens is 92.1 g/mol. The molecule has 0 spiro atoms. The highest BCUT2D eigenvalue weighted by molar-refractivity contribution is 4.26. The van der Waals surface area contributed by atoms with E-state index in [-0.39, 0.29) is 0 Å². The second-order valence-electron chi connectivity index (χ2n) is 1.23. The molecule has 0 bridgehead atoms. The largest absolute Gasteiger partial charge is 0.290 e. The summed E-state index contributed by atoms with van der Waals surface area (Å²) < 4.78 is 0. The third-order valence-corrected chi connectivity index (χ3v) is 0.549. The van der Waals surface area contributed by atoms with E-state index in [9.17, 15) is 0 Å². The minimum Gasteiger partial charge on any atom is -0.290 e. The maximum absolute atomic E-state index is 4.48. The first-order chi connectivity index (χ1) is 3.41. The lowest BCUT2D eigenvalue weighted by Crippen LogP contribution is -2.30. The molecule has 0 aliphatic rings. The van der Waals surface area contributed by atoms with Gasteiger partial charge in [-0.2, -0.15) is 0 Å². The Kier molecular flexibility index (Phi) is 5.78. The van der Waals surface area contributed by atoms with Gasteiger partial charge in [0, 0.05) is 6.54 Å². The Labute approximate surface area is 44.0 Å². The summed E-state index contributed by atoms with van der Waals surface area (Å²) in [7, 11) is 1.57. The first-order valence-electron chi connectivity index (χ1n) is 2.42. The fourth-order valence-corrected chi connectivity index (χ4v) is 0.248. The molecule has 0 aromatic heterocycles. The van der Waals surface area contributed by atoms with Crippen molar-refractivity contribution in [1.29, 1.82) is 0 Å². The Balaban J connectivity index is 2.45. The van der Waals surface area contributed by atoms with Crippen molar-refractivity contribution in [3.63, 3.8) is 0 Å². The molecule has 3 nitrogen and oxygen atoms in total. The summed E-state index contributed by atoms with van der Waals surface area (Å²) >= 11 is 0. The van der Waals surface area contributed by atoms with Gasteiger partial charge in [-0.05, 0) is 6.42 Å². The third kappa shape index (κ3) is 5.88. The molecule has 2 N–H and O–H groups in total. The van der Waals surface area contributed by atoms with Crippen LogP contribution >= 0.6 is 0 Å². The maximum atomic E-state index is 4.48. The van der Waals surface area contributed by atoms with Crippen molar-refractivity contribution in [2.24, 2.45) is 0 Å². The standard InChI is InChI=1S/C4H12N2O/c1-3-4-5-6-7-2/h5-6H,3-4H2,1-2H3. The summed E-state index contributed by atoms with van der Waals surface area (Å²) in [5, 5.41) is 0. The lowest BCUT2D eigenvalue weighted by atomic mass is 10.5. The molecule has 0 saturated heterocycles. The van der Waals surface area contributed by atoms with Gasteiger partial charge in [0.2, 0.25) is 0 Å². The first kappa shape index (κ1) is 6.88. The van der Waals surface area contributed by atoms with Crippen LogP contribution in [-0.2, 0) is 4.84 Å². The van der Waals surface area contributed by atoms with Gasteiger partial charge in [-0.3, -0.25) is 4.84 Å². The molecule has 0 radical (unpaired) electrons. The molecule has 0 atom stereocenters. The van der Waals surface area contributed by atoms with Gasteiger partial charge in [-0.25, -0.2) is 5.43 Å². The van der Waals surface area contributed by atoms with Crippen LogP contribution in [0.5, 0.6) is 0 Å². The molecule has 7 heavy (non-hydrogen) atoms. The van der Waals surface area contributed by atoms with Crippen LogP contribution in [-0.4, -0.2) is 13.7 Å². The highest BCUT2D eigenvalue weighted by Gasteiger charge is 1.74. The molecule has 0 aliphatic heterocycles.